The second-order valence-corrected chi connectivity index (χ2v) is 4.94. The van der Waals surface area contributed by atoms with Crippen molar-refractivity contribution < 1.29 is 0 Å². The summed E-state index contributed by atoms with van der Waals surface area (Å²) in [6, 6.07) is 8.61. The summed E-state index contributed by atoms with van der Waals surface area (Å²) >= 11 is 3.58. The van der Waals surface area contributed by atoms with Crippen LogP contribution in [0.2, 0.25) is 0 Å². The average Bonchev–Trinajstić information content (AvgIpc) is 2.75. The molecule has 1 heterocycles. The van der Waals surface area contributed by atoms with E-state index in [2.05, 4.69) is 50.7 Å². The lowest BCUT2D eigenvalue weighted by Crippen LogP contribution is -2.18. The summed E-state index contributed by atoms with van der Waals surface area (Å²) in [5, 5.41) is 7.55. The van der Waals surface area contributed by atoms with E-state index in [4.69, 9.17) is 0 Å². The summed E-state index contributed by atoms with van der Waals surface area (Å²) in [5.74, 6) is 0. The predicted octanol–water partition coefficient (Wildman–Crippen LogP) is 2.69. The van der Waals surface area contributed by atoms with Crippen LogP contribution in [0, 0.1) is 0 Å². The van der Waals surface area contributed by atoms with E-state index in [-0.39, 0.29) is 0 Å². The van der Waals surface area contributed by atoms with Gasteiger partial charge in [0.2, 0.25) is 0 Å². The predicted molar refractivity (Wildman–Crippen MR) is 72.9 cm³/mol. The lowest BCUT2D eigenvalue weighted by molar-refractivity contribution is 0.590. The molecule has 90 valence electrons. The fourth-order valence-corrected chi connectivity index (χ4v) is 2.34. The first kappa shape index (κ1) is 12.3. The van der Waals surface area contributed by atoms with E-state index in [1.165, 1.54) is 11.1 Å². The highest BCUT2D eigenvalue weighted by Crippen LogP contribution is 2.23. The van der Waals surface area contributed by atoms with Crippen molar-refractivity contribution in [1.82, 2.24) is 15.1 Å². The zero-order valence-electron chi connectivity index (χ0n) is 10.0. The molecule has 0 aliphatic heterocycles. The summed E-state index contributed by atoms with van der Waals surface area (Å²) in [7, 11) is 3.92. The minimum absolute atomic E-state index is 0.294. The molecule has 0 aliphatic rings. The molecule has 2 rings (SSSR count). The van der Waals surface area contributed by atoms with Gasteiger partial charge in [0, 0.05) is 29.3 Å². The summed E-state index contributed by atoms with van der Waals surface area (Å²) in [6.45, 7) is 0. The highest BCUT2D eigenvalue weighted by molar-refractivity contribution is 9.10. The molecule has 1 aromatic carbocycles. The summed E-state index contributed by atoms with van der Waals surface area (Å²) in [4.78, 5) is 0. The van der Waals surface area contributed by atoms with E-state index < -0.39 is 0 Å². The van der Waals surface area contributed by atoms with Gasteiger partial charge in [-0.2, -0.15) is 5.10 Å². The van der Waals surface area contributed by atoms with Crippen LogP contribution in [-0.2, 0) is 13.5 Å². The normalized spacial score (nSPS) is 12.6. The van der Waals surface area contributed by atoms with E-state index in [0.29, 0.717) is 6.04 Å². The summed E-state index contributed by atoms with van der Waals surface area (Å²) in [6.07, 6.45) is 4.92. The number of likely N-dealkylation sites (N-methyl/N-ethyl adjacent to an activating group) is 1. The Kier molecular flexibility index (Phi) is 3.97. The Morgan fingerprint density at radius 3 is 2.76 bits per heavy atom. The van der Waals surface area contributed by atoms with E-state index in [0.717, 1.165) is 10.9 Å². The fraction of sp³-hybridized carbons (Fsp3) is 0.308. The van der Waals surface area contributed by atoms with Gasteiger partial charge in [0.25, 0.3) is 0 Å². The number of benzene rings is 1. The molecule has 0 fully saturated rings. The Hall–Kier alpha value is -1.13. The molecule has 1 atom stereocenters. The number of nitrogens with zero attached hydrogens (tertiary/aromatic N) is 2. The van der Waals surface area contributed by atoms with Gasteiger partial charge in [-0.05, 0) is 25.1 Å². The van der Waals surface area contributed by atoms with Crippen LogP contribution >= 0.6 is 15.9 Å². The molecule has 17 heavy (non-hydrogen) atoms. The molecule has 0 radical (unpaired) electrons. The quantitative estimate of drug-likeness (QED) is 0.939. The van der Waals surface area contributed by atoms with Gasteiger partial charge in [0.05, 0.1) is 6.20 Å². The van der Waals surface area contributed by atoms with Gasteiger partial charge in [0.1, 0.15) is 0 Å². The molecule has 0 aliphatic carbocycles. The Bertz CT molecular complexity index is 493. The van der Waals surface area contributed by atoms with Gasteiger partial charge < -0.3 is 5.32 Å². The maximum atomic E-state index is 4.21. The van der Waals surface area contributed by atoms with Gasteiger partial charge >= 0.3 is 0 Å². The largest absolute Gasteiger partial charge is 0.313 e. The van der Waals surface area contributed by atoms with Crippen LogP contribution in [-0.4, -0.2) is 16.8 Å². The monoisotopic (exact) mass is 293 g/mol. The number of rotatable bonds is 4. The van der Waals surface area contributed by atoms with Gasteiger partial charge in [-0.1, -0.05) is 34.1 Å². The lowest BCUT2D eigenvalue weighted by atomic mass is 10.0. The molecule has 1 aromatic heterocycles. The molecule has 4 heteroatoms. The van der Waals surface area contributed by atoms with Crippen molar-refractivity contribution in [2.75, 3.05) is 7.05 Å². The standard InChI is InChI=1S/C13H16BrN3/c1-15-13(11-8-16-17(2)9-11)7-10-5-3-4-6-12(10)14/h3-6,8-9,13,15H,7H2,1-2H3. The number of hydrogen-bond donors (Lipinski definition) is 1. The molecule has 1 N–H and O–H groups in total. The molecule has 1 unspecified atom stereocenters. The first-order valence-corrected chi connectivity index (χ1v) is 6.39. The maximum absolute atomic E-state index is 4.21. The van der Waals surface area contributed by atoms with Crippen molar-refractivity contribution in [2.45, 2.75) is 12.5 Å². The minimum Gasteiger partial charge on any atom is -0.313 e. The van der Waals surface area contributed by atoms with Crippen molar-refractivity contribution in [3.8, 4) is 0 Å². The molecule has 2 aromatic rings. The third kappa shape index (κ3) is 2.96. The zero-order valence-corrected chi connectivity index (χ0v) is 11.6. The molecular weight excluding hydrogens is 278 g/mol. The Morgan fingerprint density at radius 1 is 1.41 bits per heavy atom. The number of aromatic nitrogens is 2. The van der Waals surface area contributed by atoms with Gasteiger partial charge in [-0.25, -0.2) is 0 Å². The number of nitrogens with one attached hydrogen (secondary N) is 1. The number of halogens is 1. The van der Waals surface area contributed by atoms with E-state index in [1.807, 2.05) is 31.0 Å². The van der Waals surface area contributed by atoms with Crippen LogP contribution in [0.1, 0.15) is 17.2 Å². The average molecular weight is 294 g/mol. The van der Waals surface area contributed by atoms with Crippen molar-refractivity contribution in [2.24, 2.45) is 7.05 Å². The Balaban J connectivity index is 2.18. The van der Waals surface area contributed by atoms with Crippen LogP contribution in [0.15, 0.2) is 41.1 Å². The molecule has 0 spiro atoms. The van der Waals surface area contributed by atoms with Crippen LogP contribution in [0.3, 0.4) is 0 Å². The molecule has 0 saturated carbocycles. The topological polar surface area (TPSA) is 29.9 Å². The molecule has 0 saturated heterocycles. The highest BCUT2D eigenvalue weighted by Gasteiger charge is 2.13. The summed E-state index contributed by atoms with van der Waals surface area (Å²) < 4.78 is 2.99. The van der Waals surface area contributed by atoms with Crippen molar-refractivity contribution in [1.29, 1.82) is 0 Å². The second-order valence-electron chi connectivity index (χ2n) is 4.08. The molecular formula is C13H16BrN3. The van der Waals surface area contributed by atoms with Crippen molar-refractivity contribution in [3.05, 3.63) is 52.3 Å². The smallest absolute Gasteiger partial charge is 0.0537 e. The van der Waals surface area contributed by atoms with Crippen LogP contribution in [0.4, 0.5) is 0 Å². The summed E-state index contributed by atoms with van der Waals surface area (Å²) in [5.41, 5.74) is 2.52. The molecule has 3 nitrogen and oxygen atoms in total. The van der Waals surface area contributed by atoms with E-state index >= 15 is 0 Å². The van der Waals surface area contributed by atoms with Gasteiger partial charge in [-0.15, -0.1) is 0 Å². The Morgan fingerprint density at radius 2 is 2.18 bits per heavy atom. The maximum Gasteiger partial charge on any atom is 0.0537 e. The van der Waals surface area contributed by atoms with Crippen LogP contribution in [0.25, 0.3) is 0 Å². The Labute approximate surface area is 110 Å². The SMILES string of the molecule is CNC(Cc1ccccc1Br)c1cnn(C)c1. The van der Waals surface area contributed by atoms with Crippen molar-refractivity contribution in [3.63, 3.8) is 0 Å². The van der Waals surface area contributed by atoms with E-state index in [1.54, 1.807) is 0 Å². The van der Waals surface area contributed by atoms with Crippen LogP contribution in [0.5, 0.6) is 0 Å². The fourth-order valence-electron chi connectivity index (χ4n) is 1.89. The third-order valence-electron chi connectivity index (χ3n) is 2.86. The molecule has 0 bridgehead atoms. The van der Waals surface area contributed by atoms with Crippen LogP contribution < -0.4 is 5.32 Å². The highest BCUT2D eigenvalue weighted by atomic mass is 79.9. The van der Waals surface area contributed by atoms with Gasteiger partial charge in [-0.3, -0.25) is 4.68 Å². The number of aryl methyl sites for hydroxylation is 1. The number of hydrogen-bond acceptors (Lipinski definition) is 2. The van der Waals surface area contributed by atoms with Crippen molar-refractivity contribution >= 4 is 15.9 Å². The van der Waals surface area contributed by atoms with E-state index in [9.17, 15) is 0 Å². The second kappa shape index (κ2) is 5.47. The lowest BCUT2D eigenvalue weighted by Gasteiger charge is -2.15. The minimum atomic E-state index is 0.294. The zero-order chi connectivity index (χ0) is 12.3. The first-order chi connectivity index (χ1) is 8.20. The third-order valence-corrected chi connectivity index (χ3v) is 3.63. The first-order valence-electron chi connectivity index (χ1n) is 5.60. The molecule has 0 amide bonds. The van der Waals surface area contributed by atoms with Gasteiger partial charge in [0.15, 0.2) is 0 Å².